The standard InChI is InChI=1S/C24H22N2O4/c27-23(28)22(10-9-16-11-13-25-14-12-16)26-24(29)30-15-21-19-7-3-1-5-17(19)18-6-2-4-8-20(18)21/h1-8,11-14,21-22H,9-10,15H2,(H,26,29)(H,27,28)/t22-/m1/s1. The van der Waals surface area contributed by atoms with Crippen LogP contribution < -0.4 is 5.32 Å². The van der Waals surface area contributed by atoms with Crippen LogP contribution in [0.4, 0.5) is 4.79 Å². The van der Waals surface area contributed by atoms with Crippen LogP contribution in [-0.2, 0) is 16.0 Å². The smallest absolute Gasteiger partial charge is 0.407 e. The monoisotopic (exact) mass is 402 g/mol. The van der Waals surface area contributed by atoms with E-state index in [1.54, 1.807) is 12.4 Å². The molecule has 30 heavy (non-hydrogen) atoms. The van der Waals surface area contributed by atoms with E-state index >= 15 is 0 Å². The van der Waals surface area contributed by atoms with Gasteiger partial charge in [-0.05, 0) is 52.8 Å². The van der Waals surface area contributed by atoms with Crippen LogP contribution in [0.1, 0.15) is 29.0 Å². The minimum Gasteiger partial charge on any atom is -0.480 e. The molecule has 0 radical (unpaired) electrons. The molecule has 0 bridgehead atoms. The van der Waals surface area contributed by atoms with Crippen molar-refractivity contribution in [1.29, 1.82) is 0 Å². The molecule has 3 aromatic rings. The summed E-state index contributed by atoms with van der Waals surface area (Å²) in [7, 11) is 0. The van der Waals surface area contributed by atoms with Gasteiger partial charge >= 0.3 is 12.1 Å². The summed E-state index contributed by atoms with van der Waals surface area (Å²) >= 11 is 0. The number of pyridine rings is 1. The molecule has 0 saturated heterocycles. The number of fused-ring (bicyclic) bond motifs is 3. The van der Waals surface area contributed by atoms with Gasteiger partial charge in [0, 0.05) is 18.3 Å². The molecule has 0 aliphatic heterocycles. The zero-order chi connectivity index (χ0) is 20.9. The Morgan fingerprint density at radius 1 is 0.967 bits per heavy atom. The van der Waals surface area contributed by atoms with E-state index in [9.17, 15) is 14.7 Å². The van der Waals surface area contributed by atoms with Gasteiger partial charge in [-0.1, -0.05) is 48.5 Å². The van der Waals surface area contributed by atoms with Gasteiger partial charge in [0.05, 0.1) is 0 Å². The fourth-order valence-electron chi connectivity index (χ4n) is 3.90. The molecule has 0 fully saturated rings. The summed E-state index contributed by atoms with van der Waals surface area (Å²) in [6.45, 7) is 0.149. The van der Waals surface area contributed by atoms with Crippen molar-refractivity contribution in [3.8, 4) is 11.1 Å². The average molecular weight is 402 g/mol. The lowest BCUT2D eigenvalue weighted by atomic mass is 9.98. The molecule has 1 amide bonds. The van der Waals surface area contributed by atoms with Crippen molar-refractivity contribution < 1.29 is 19.4 Å². The highest BCUT2D eigenvalue weighted by molar-refractivity contribution is 5.81. The summed E-state index contributed by atoms with van der Waals surface area (Å²) in [5, 5.41) is 11.9. The Labute approximate surface area is 174 Å². The lowest BCUT2D eigenvalue weighted by molar-refractivity contribution is -0.139. The van der Waals surface area contributed by atoms with Gasteiger partial charge in [0.15, 0.2) is 0 Å². The molecule has 1 aliphatic carbocycles. The number of carboxylic acid groups (broad SMARTS) is 1. The van der Waals surface area contributed by atoms with Gasteiger partial charge in [-0.25, -0.2) is 9.59 Å². The Balaban J connectivity index is 1.38. The van der Waals surface area contributed by atoms with Crippen LogP contribution in [0.2, 0.25) is 0 Å². The maximum Gasteiger partial charge on any atom is 0.407 e. The first-order valence-corrected chi connectivity index (χ1v) is 9.86. The van der Waals surface area contributed by atoms with Crippen LogP contribution in [0.25, 0.3) is 11.1 Å². The van der Waals surface area contributed by atoms with E-state index in [0.29, 0.717) is 6.42 Å². The van der Waals surface area contributed by atoms with Crippen molar-refractivity contribution >= 4 is 12.1 Å². The molecule has 6 heteroatoms. The number of benzene rings is 2. The van der Waals surface area contributed by atoms with Gasteiger partial charge in [-0.2, -0.15) is 0 Å². The number of rotatable bonds is 7. The van der Waals surface area contributed by atoms with Crippen molar-refractivity contribution in [1.82, 2.24) is 10.3 Å². The summed E-state index contributed by atoms with van der Waals surface area (Å²) in [5.41, 5.74) is 5.47. The van der Waals surface area contributed by atoms with Crippen LogP contribution in [0.15, 0.2) is 73.1 Å². The van der Waals surface area contributed by atoms with Crippen molar-refractivity contribution in [2.24, 2.45) is 0 Å². The number of nitrogens with zero attached hydrogens (tertiary/aromatic N) is 1. The van der Waals surface area contributed by atoms with Crippen molar-refractivity contribution in [2.75, 3.05) is 6.61 Å². The molecule has 4 rings (SSSR count). The fourth-order valence-corrected chi connectivity index (χ4v) is 3.90. The van der Waals surface area contributed by atoms with E-state index in [-0.39, 0.29) is 18.9 Å². The van der Waals surface area contributed by atoms with Crippen LogP contribution >= 0.6 is 0 Å². The van der Waals surface area contributed by atoms with E-state index < -0.39 is 18.1 Å². The van der Waals surface area contributed by atoms with E-state index in [1.165, 1.54) is 0 Å². The Kier molecular flexibility index (Phi) is 5.75. The van der Waals surface area contributed by atoms with E-state index in [4.69, 9.17) is 4.74 Å². The lowest BCUT2D eigenvalue weighted by Gasteiger charge is -2.17. The molecule has 1 atom stereocenters. The molecule has 0 unspecified atom stereocenters. The van der Waals surface area contributed by atoms with Gasteiger partial charge in [0.25, 0.3) is 0 Å². The summed E-state index contributed by atoms with van der Waals surface area (Å²) in [6, 6.07) is 18.8. The quantitative estimate of drug-likeness (QED) is 0.623. The predicted molar refractivity (Wildman–Crippen MR) is 112 cm³/mol. The number of hydrogen-bond donors (Lipinski definition) is 2. The van der Waals surface area contributed by atoms with E-state index in [0.717, 1.165) is 27.8 Å². The van der Waals surface area contributed by atoms with Crippen molar-refractivity contribution in [3.05, 3.63) is 89.7 Å². The summed E-state index contributed by atoms with van der Waals surface area (Å²) in [5.74, 6) is -1.15. The number of aromatic nitrogens is 1. The number of nitrogens with one attached hydrogen (secondary N) is 1. The number of amides is 1. The van der Waals surface area contributed by atoms with Crippen molar-refractivity contribution in [2.45, 2.75) is 24.8 Å². The minimum absolute atomic E-state index is 0.0664. The number of aryl methyl sites for hydroxylation is 1. The number of hydrogen-bond acceptors (Lipinski definition) is 4. The third-order valence-corrected chi connectivity index (χ3v) is 5.40. The van der Waals surface area contributed by atoms with Crippen molar-refractivity contribution in [3.63, 3.8) is 0 Å². The SMILES string of the molecule is O=C(N[C@H](CCc1ccncc1)C(=O)O)OCC1c2ccccc2-c2ccccc21. The first kappa shape index (κ1) is 19.6. The van der Waals surface area contributed by atoms with E-state index in [2.05, 4.69) is 22.4 Å². The second-order valence-corrected chi connectivity index (χ2v) is 7.25. The van der Waals surface area contributed by atoms with Crippen LogP contribution in [0.3, 0.4) is 0 Å². The van der Waals surface area contributed by atoms with Gasteiger partial charge < -0.3 is 15.2 Å². The fraction of sp³-hybridized carbons (Fsp3) is 0.208. The average Bonchev–Trinajstić information content (AvgIpc) is 3.09. The molecule has 2 N–H and O–H groups in total. The Morgan fingerprint density at radius 3 is 2.17 bits per heavy atom. The molecule has 152 valence electrons. The van der Waals surface area contributed by atoms with Gasteiger partial charge in [0.2, 0.25) is 0 Å². The minimum atomic E-state index is -1.09. The molecular formula is C24H22N2O4. The van der Waals surface area contributed by atoms with Gasteiger partial charge in [-0.3, -0.25) is 4.98 Å². The molecule has 0 spiro atoms. The Bertz CT molecular complexity index is 1010. The molecule has 2 aromatic carbocycles. The largest absolute Gasteiger partial charge is 0.480 e. The maximum absolute atomic E-state index is 12.3. The lowest BCUT2D eigenvalue weighted by Crippen LogP contribution is -2.41. The number of carbonyl (C=O) groups excluding carboxylic acids is 1. The second-order valence-electron chi connectivity index (χ2n) is 7.25. The number of carbonyl (C=O) groups is 2. The maximum atomic E-state index is 12.3. The summed E-state index contributed by atoms with van der Waals surface area (Å²) in [6.07, 6.45) is 3.37. The highest BCUT2D eigenvalue weighted by Crippen LogP contribution is 2.44. The number of carboxylic acids is 1. The molecule has 1 aromatic heterocycles. The van der Waals surface area contributed by atoms with Gasteiger partial charge in [0.1, 0.15) is 12.6 Å². The molecule has 1 aliphatic rings. The number of aliphatic carboxylic acids is 1. The highest BCUT2D eigenvalue weighted by Gasteiger charge is 2.29. The third-order valence-electron chi connectivity index (χ3n) is 5.40. The molecular weight excluding hydrogens is 380 g/mol. The molecule has 6 nitrogen and oxygen atoms in total. The normalized spacial score (nSPS) is 13.2. The van der Waals surface area contributed by atoms with Crippen LogP contribution in [0.5, 0.6) is 0 Å². The molecule has 0 saturated carbocycles. The molecule has 1 heterocycles. The first-order valence-electron chi connectivity index (χ1n) is 9.86. The summed E-state index contributed by atoms with van der Waals surface area (Å²) in [4.78, 5) is 27.8. The third kappa shape index (κ3) is 4.17. The summed E-state index contributed by atoms with van der Waals surface area (Å²) < 4.78 is 5.45. The second kappa shape index (κ2) is 8.78. The predicted octanol–water partition coefficient (Wildman–Crippen LogP) is 4.01. The number of ether oxygens (including phenoxy) is 1. The zero-order valence-electron chi connectivity index (χ0n) is 16.3. The first-order chi connectivity index (χ1) is 14.6. The Morgan fingerprint density at radius 2 is 1.57 bits per heavy atom. The number of alkyl carbamates (subject to hydrolysis) is 1. The van der Waals surface area contributed by atoms with Crippen LogP contribution in [-0.4, -0.2) is 34.8 Å². The van der Waals surface area contributed by atoms with E-state index in [1.807, 2.05) is 48.5 Å². The Hall–Kier alpha value is -3.67. The highest BCUT2D eigenvalue weighted by atomic mass is 16.5. The van der Waals surface area contributed by atoms with Gasteiger partial charge in [-0.15, -0.1) is 0 Å². The van der Waals surface area contributed by atoms with Crippen LogP contribution in [0, 0.1) is 0 Å². The topological polar surface area (TPSA) is 88.5 Å². The zero-order valence-corrected chi connectivity index (χ0v) is 16.3.